The third-order valence-electron chi connectivity index (χ3n) is 1.23. The number of primary amides is 1. The van der Waals surface area contributed by atoms with Crippen molar-refractivity contribution < 1.29 is 14.7 Å². The minimum Gasteiger partial charge on any atom is -0.480 e. The van der Waals surface area contributed by atoms with Crippen LogP contribution in [0, 0.1) is 0 Å². The van der Waals surface area contributed by atoms with E-state index in [9.17, 15) is 9.59 Å². The lowest BCUT2D eigenvalue weighted by atomic mass is 10.3. The van der Waals surface area contributed by atoms with Crippen molar-refractivity contribution in [2.45, 2.75) is 12.5 Å². The number of hydrogen-bond acceptors (Lipinski definition) is 4. The summed E-state index contributed by atoms with van der Waals surface area (Å²) in [5, 5.41) is 11.0. The Morgan fingerprint density at radius 2 is 2.08 bits per heavy atom. The van der Waals surface area contributed by atoms with Crippen LogP contribution in [0.3, 0.4) is 0 Å². The number of carboxylic acid groups (broad SMARTS) is 1. The first-order chi connectivity index (χ1) is 5.54. The predicted octanol–water partition coefficient (Wildman–Crippen LogP) is -2.14. The van der Waals surface area contributed by atoms with Crippen molar-refractivity contribution in [3.05, 3.63) is 0 Å². The highest BCUT2D eigenvalue weighted by Gasteiger charge is 2.09. The molecule has 0 aromatic rings. The monoisotopic (exact) mass is 175 g/mol. The third kappa shape index (κ3) is 5.63. The maximum absolute atomic E-state index is 10.2. The van der Waals surface area contributed by atoms with E-state index in [1.807, 2.05) is 0 Å². The normalized spacial score (nSPS) is 12.4. The van der Waals surface area contributed by atoms with Crippen LogP contribution in [-0.4, -0.2) is 36.1 Å². The van der Waals surface area contributed by atoms with E-state index in [4.69, 9.17) is 16.6 Å². The lowest BCUT2D eigenvalue weighted by molar-refractivity contribution is -0.138. The van der Waals surface area contributed by atoms with Crippen LogP contribution in [0.25, 0.3) is 0 Å². The molecule has 0 saturated carbocycles. The molecule has 0 aliphatic heterocycles. The van der Waals surface area contributed by atoms with Gasteiger partial charge in [0.05, 0.1) is 0 Å². The highest BCUT2D eigenvalue weighted by Crippen LogP contribution is 1.77. The molecule has 0 aromatic carbocycles. The summed E-state index contributed by atoms with van der Waals surface area (Å²) in [6, 6.07) is -0.933. The molecule has 1 amide bonds. The molecule has 0 aromatic heterocycles. The smallest absolute Gasteiger partial charge is 0.321 e. The summed E-state index contributed by atoms with van der Waals surface area (Å²) in [7, 11) is 0. The first-order valence-electron chi connectivity index (χ1n) is 3.51. The number of carboxylic acids is 1. The molecule has 70 valence electrons. The Labute approximate surface area is 69.9 Å². The summed E-state index contributed by atoms with van der Waals surface area (Å²) < 4.78 is 0. The minimum atomic E-state index is -1.07. The van der Waals surface area contributed by atoms with E-state index in [-0.39, 0.29) is 13.0 Å². The summed E-state index contributed by atoms with van der Waals surface area (Å²) >= 11 is 0. The first-order valence-corrected chi connectivity index (χ1v) is 3.51. The summed E-state index contributed by atoms with van der Waals surface area (Å²) in [5.41, 5.74) is 10.00. The molecule has 6 N–H and O–H groups in total. The standard InChI is InChI=1S/C6H13N3O3/c7-4(6(11)12)3-9-2-1-5(8)10/h4,9H,1-3,7H2,(H2,8,10)(H,11,12). The maximum atomic E-state index is 10.2. The molecule has 0 bridgehead atoms. The number of hydrogen-bond donors (Lipinski definition) is 4. The van der Waals surface area contributed by atoms with E-state index >= 15 is 0 Å². The van der Waals surface area contributed by atoms with Crippen LogP contribution in [0.2, 0.25) is 0 Å². The van der Waals surface area contributed by atoms with Gasteiger partial charge in [-0.25, -0.2) is 0 Å². The Morgan fingerprint density at radius 3 is 2.50 bits per heavy atom. The van der Waals surface area contributed by atoms with Gasteiger partial charge in [0.2, 0.25) is 5.91 Å². The van der Waals surface area contributed by atoms with Crippen molar-refractivity contribution in [1.29, 1.82) is 0 Å². The zero-order valence-electron chi connectivity index (χ0n) is 6.62. The Bertz CT molecular complexity index is 171. The fourth-order valence-electron chi connectivity index (χ4n) is 0.556. The van der Waals surface area contributed by atoms with Crippen molar-refractivity contribution in [1.82, 2.24) is 5.32 Å². The van der Waals surface area contributed by atoms with Crippen molar-refractivity contribution in [3.8, 4) is 0 Å². The molecular weight excluding hydrogens is 162 g/mol. The molecule has 0 aliphatic carbocycles. The molecule has 0 spiro atoms. The lowest BCUT2D eigenvalue weighted by Crippen LogP contribution is -2.41. The van der Waals surface area contributed by atoms with E-state index in [1.54, 1.807) is 0 Å². The maximum Gasteiger partial charge on any atom is 0.321 e. The average Bonchev–Trinajstić information content (AvgIpc) is 1.97. The topological polar surface area (TPSA) is 118 Å². The summed E-state index contributed by atoms with van der Waals surface area (Å²) in [4.78, 5) is 20.4. The van der Waals surface area contributed by atoms with Crippen LogP contribution in [0.4, 0.5) is 0 Å². The van der Waals surface area contributed by atoms with Gasteiger partial charge in [0.1, 0.15) is 6.04 Å². The molecule has 0 aliphatic rings. The van der Waals surface area contributed by atoms with Crippen molar-refractivity contribution in [3.63, 3.8) is 0 Å². The van der Waals surface area contributed by atoms with Crippen LogP contribution >= 0.6 is 0 Å². The van der Waals surface area contributed by atoms with E-state index < -0.39 is 17.9 Å². The molecular formula is C6H13N3O3. The highest BCUT2D eigenvalue weighted by atomic mass is 16.4. The number of nitrogens with two attached hydrogens (primary N) is 2. The molecule has 0 rings (SSSR count). The first kappa shape index (κ1) is 10.9. The molecule has 0 radical (unpaired) electrons. The Morgan fingerprint density at radius 1 is 1.50 bits per heavy atom. The predicted molar refractivity (Wildman–Crippen MR) is 42.3 cm³/mol. The number of nitrogens with one attached hydrogen (secondary N) is 1. The van der Waals surface area contributed by atoms with Crippen LogP contribution in [-0.2, 0) is 9.59 Å². The second kappa shape index (κ2) is 5.50. The molecule has 1 atom stereocenters. The fourth-order valence-corrected chi connectivity index (χ4v) is 0.556. The van der Waals surface area contributed by atoms with Crippen LogP contribution in [0.1, 0.15) is 6.42 Å². The summed E-state index contributed by atoms with van der Waals surface area (Å²) in [5.74, 6) is -1.49. The largest absolute Gasteiger partial charge is 0.480 e. The minimum absolute atomic E-state index is 0.141. The van der Waals surface area contributed by atoms with Crippen LogP contribution in [0.15, 0.2) is 0 Å². The second-order valence-corrected chi connectivity index (χ2v) is 2.37. The lowest BCUT2D eigenvalue weighted by Gasteiger charge is -2.06. The van der Waals surface area contributed by atoms with Gasteiger partial charge in [-0.15, -0.1) is 0 Å². The Balaban J connectivity index is 3.31. The van der Waals surface area contributed by atoms with E-state index in [1.165, 1.54) is 0 Å². The van der Waals surface area contributed by atoms with E-state index in [0.717, 1.165) is 0 Å². The number of carbonyl (C=O) groups excluding carboxylic acids is 1. The Hall–Kier alpha value is -1.14. The van der Waals surface area contributed by atoms with Gasteiger partial charge in [0, 0.05) is 19.5 Å². The third-order valence-corrected chi connectivity index (χ3v) is 1.23. The molecule has 12 heavy (non-hydrogen) atoms. The molecule has 0 saturated heterocycles. The van der Waals surface area contributed by atoms with Gasteiger partial charge < -0.3 is 21.9 Å². The summed E-state index contributed by atoms with van der Waals surface area (Å²) in [6.07, 6.45) is 0.187. The van der Waals surface area contributed by atoms with Gasteiger partial charge in [-0.2, -0.15) is 0 Å². The number of rotatable bonds is 6. The molecule has 0 fully saturated rings. The molecule has 0 heterocycles. The van der Waals surface area contributed by atoms with Gasteiger partial charge in [-0.3, -0.25) is 9.59 Å². The zero-order valence-corrected chi connectivity index (χ0v) is 6.62. The SMILES string of the molecule is NC(=O)CCNCC(N)C(=O)O. The van der Waals surface area contributed by atoms with Gasteiger partial charge in [-0.1, -0.05) is 0 Å². The van der Waals surface area contributed by atoms with Gasteiger partial charge >= 0.3 is 5.97 Å². The average molecular weight is 175 g/mol. The zero-order chi connectivity index (χ0) is 9.56. The molecule has 1 unspecified atom stereocenters. The van der Waals surface area contributed by atoms with Gasteiger partial charge in [0.15, 0.2) is 0 Å². The highest BCUT2D eigenvalue weighted by molar-refractivity contribution is 5.74. The quantitative estimate of drug-likeness (QED) is 0.344. The van der Waals surface area contributed by atoms with Crippen LogP contribution in [0.5, 0.6) is 0 Å². The van der Waals surface area contributed by atoms with Gasteiger partial charge in [-0.05, 0) is 0 Å². The summed E-state index contributed by atoms with van der Waals surface area (Å²) in [6.45, 7) is 0.499. The van der Waals surface area contributed by atoms with Crippen molar-refractivity contribution in [2.75, 3.05) is 13.1 Å². The van der Waals surface area contributed by atoms with Gasteiger partial charge in [0.25, 0.3) is 0 Å². The number of aliphatic carboxylic acids is 1. The number of amides is 1. The molecule has 6 nitrogen and oxygen atoms in total. The fraction of sp³-hybridized carbons (Fsp3) is 0.667. The van der Waals surface area contributed by atoms with Crippen molar-refractivity contribution in [2.24, 2.45) is 11.5 Å². The number of carbonyl (C=O) groups is 2. The molecule has 6 heteroatoms. The second-order valence-electron chi connectivity index (χ2n) is 2.37. The van der Waals surface area contributed by atoms with E-state index in [0.29, 0.717) is 6.54 Å². The van der Waals surface area contributed by atoms with Crippen LogP contribution < -0.4 is 16.8 Å². The van der Waals surface area contributed by atoms with Crippen molar-refractivity contribution >= 4 is 11.9 Å². The Kier molecular flexibility index (Phi) is 4.98. The van der Waals surface area contributed by atoms with E-state index in [2.05, 4.69) is 5.32 Å².